The van der Waals surface area contributed by atoms with Gasteiger partial charge in [0.2, 0.25) is 0 Å². The van der Waals surface area contributed by atoms with E-state index in [0.717, 1.165) is 5.56 Å². The van der Waals surface area contributed by atoms with Crippen molar-refractivity contribution in [3.63, 3.8) is 0 Å². The number of pyridine rings is 1. The fourth-order valence-corrected chi connectivity index (χ4v) is 3.23. The van der Waals surface area contributed by atoms with Crippen molar-refractivity contribution in [1.82, 2.24) is 4.98 Å². The average molecular weight is 419 g/mol. The van der Waals surface area contributed by atoms with Crippen LogP contribution in [-0.4, -0.2) is 15.9 Å². The van der Waals surface area contributed by atoms with Crippen molar-refractivity contribution in [1.29, 1.82) is 0 Å². The first kappa shape index (κ1) is 19.5. The number of nitrogens with zero attached hydrogens (tertiary/aromatic N) is 2. The van der Waals surface area contributed by atoms with E-state index >= 15 is 0 Å². The monoisotopic (exact) mass is 418 g/mol. The molecule has 0 aliphatic carbocycles. The van der Waals surface area contributed by atoms with E-state index < -0.39 is 10.9 Å². The summed E-state index contributed by atoms with van der Waals surface area (Å²) < 4.78 is 5.46. The molecule has 1 heterocycles. The molecule has 0 amide bonds. The maximum Gasteiger partial charge on any atom is 0.339 e. The zero-order valence-corrected chi connectivity index (χ0v) is 16.4. The van der Waals surface area contributed by atoms with Crippen LogP contribution in [0, 0.1) is 10.1 Å². The van der Waals surface area contributed by atoms with Gasteiger partial charge in [-0.2, -0.15) is 0 Å². The molecule has 0 saturated heterocycles. The number of hydrogen-bond acceptors (Lipinski definition) is 5. The number of nitro groups is 1. The Morgan fingerprint density at radius 2 is 1.77 bits per heavy atom. The van der Waals surface area contributed by atoms with Crippen molar-refractivity contribution >= 4 is 34.2 Å². The molecule has 148 valence electrons. The third kappa shape index (κ3) is 4.14. The van der Waals surface area contributed by atoms with Gasteiger partial charge in [0.25, 0.3) is 5.69 Å². The van der Waals surface area contributed by atoms with Gasteiger partial charge in [-0.1, -0.05) is 54.1 Å². The lowest BCUT2D eigenvalue weighted by atomic mass is 10.0. The number of ether oxygens (including phenoxy) is 1. The SMILES string of the molecule is O=C(OCc1cccc([N+](=O)[O-])c1)c1cc(-c2ccc(Cl)cc2)nc2ccccc12. The van der Waals surface area contributed by atoms with Gasteiger partial charge in [-0.3, -0.25) is 10.1 Å². The maximum atomic E-state index is 12.9. The molecule has 0 atom stereocenters. The van der Waals surface area contributed by atoms with Gasteiger partial charge in [0.15, 0.2) is 0 Å². The van der Waals surface area contributed by atoms with Crippen LogP contribution >= 0.6 is 11.6 Å². The number of hydrogen-bond donors (Lipinski definition) is 0. The minimum Gasteiger partial charge on any atom is -0.457 e. The zero-order valence-electron chi connectivity index (χ0n) is 15.6. The number of rotatable bonds is 5. The fraction of sp³-hybridized carbons (Fsp3) is 0.0435. The van der Waals surface area contributed by atoms with E-state index in [0.29, 0.717) is 32.7 Å². The van der Waals surface area contributed by atoms with Crippen molar-refractivity contribution in [3.05, 3.63) is 105 Å². The second-order valence-electron chi connectivity index (χ2n) is 6.58. The normalized spacial score (nSPS) is 10.7. The number of esters is 1. The van der Waals surface area contributed by atoms with Crippen LogP contribution in [-0.2, 0) is 11.3 Å². The minimum atomic E-state index is -0.532. The first-order valence-electron chi connectivity index (χ1n) is 9.07. The van der Waals surface area contributed by atoms with Gasteiger partial charge in [-0.15, -0.1) is 0 Å². The molecular formula is C23H15ClN2O4. The molecule has 0 aliphatic rings. The summed E-state index contributed by atoms with van der Waals surface area (Å²) in [6, 6.07) is 22.2. The first-order chi connectivity index (χ1) is 14.5. The van der Waals surface area contributed by atoms with Crippen LogP contribution in [0.5, 0.6) is 0 Å². The van der Waals surface area contributed by atoms with Crippen molar-refractivity contribution < 1.29 is 14.5 Å². The van der Waals surface area contributed by atoms with Crippen molar-refractivity contribution in [2.75, 3.05) is 0 Å². The Kier molecular flexibility index (Phi) is 5.41. The summed E-state index contributed by atoms with van der Waals surface area (Å²) in [7, 11) is 0. The molecule has 1 aromatic heterocycles. The van der Waals surface area contributed by atoms with Crippen LogP contribution in [0.3, 0.4) is 0 Å². The third-order valence-corrected chi connectivity index (χ3v) is 4.82. The quantitative estimate of drug-likeness (QED) is 0.231. The summed E-state index contributed by atoms with van der Waals surface area (Å²) in [6.07, 6.45) is 0. The predicted molar refractivity (Wildman–Crippen MR) is 114 cm³/mol. The predicted octanol–water partition coefficient (Wildman–Crippen LogP) is 5.82. The van der Waals surface area contributed by atoms with Gasteiger partial charge >= 0.3 is 5.97 Å². The number of para-hydroxylation sites is 1. The van der Waals surface area contributed by atoms with Crippen LogP contribution in [0.2, 0.25) is 5.02 Å². The molecule has 0 radical (unpaired) electrons. The summed E-state index contributed by atoms with van der Waals surface area (Å²) >= 11 is 5.97. The summed E-state index contributed by atoms with van der Waals surface area (Å²) in [6.45, 7) is -0.0760. The number of aromatic nitrogens is 1. The highest BCUT2D eigenvalue weighted by atomic mass is 35.5. The summed E-state index contributed by atoms with van der Waals surface area (Å²) in [5.41, 5.74) is 2.95. The molecule has 4 aromatic rings. The van der Waals surface area contributed by atoms with Crippen molar-refractivity contribution in [2.24, 2.45) is 0 Å². The highest BCUT2D eigenvalue weighted by molar-refractivity contribution is 6.30. The Morgan fingerprint density at radius 1 is 1.00 bits per heavy atom. The molecule has 0 unspecified atom stereocenters. The molecule has 0 fully saturated rings. The number of carbonyl (C=O) groups is 1. The Bertz CT molecular complexity index is 1260. The summed E-state index contributed by atoms with van der Waals surface area (Å²) in [5.74, 6) is -0.532. The van der Waals surface area contributed by atoms with E-state index in [9.17, 15) is 14.9 Å². The van der Waals surface area contributed by atoms with Gasteiger partial charge in [0.05, 0.1) is 21.7 Å². The van der Waals surface area contributed by atoms with E-state index in [1.54, 1.807) is 36.4 Å². The number of benzene rings is 3. The second-order valence-corrected chi connectivity index (χ2v) is 7.02. The van der Waals surface area contributed by atoms with Crippen LogP contribution in [0.15, 0.2) is 78.9 Å². The topological polar surface area (TPSA) is 82.3 Å². The van der Waals surface area contributed by atoms with Gasteiger partial charge in [-0.25, -0.2) is 9.78 Å². The van der Waals surface area contributed by atoms with Crippen molar-refractivity contribution in [2.45, 2.75) is 6.61 Å². The molecule has 0 spiro atoms. The Hall–Kier alpha value is -3.77. The van der Waals surface area contributed by atoms with Crippen LogP contribution in [0.25, 0.3) is 22.2 Å². The van der Waals surface area contributed by atoms with Gasteiger partial charge in [0.1, 0.15) is 6.61 Å². The average Bonchev–Trinajstić information content (AvgIpc) is 2.77. The van der Waals surface area contributed by atoms with Gasteiger partial charge in [0, 0.05) is 28.1 Å². The molecule has 6 nitrogen and oxygen atoms in total. The lowest BCUT2D eigenvalue weighted by molar-refractivity contribution is -0.384. The molecule has 0 aliphatic heterocycles. The highest BCUT2D eigenvalue weighted by Gasteiger charge is 2.16. The minimum absolute atomic E-state index is 0.0528. The van der Waals surface area contributed by atoms with Crippen LogP contribution in [0.4, 0.5) is 5.69 Å². The second kappa shape index (κ2) is 8.31. The number of fused-ring (bicyclic) bond motifs is 1. The molecule has 0 saturated carbocycles. The van der Waals surface area contributed by atoms with Crippen LogP contribution in [0.1, 0.15) is 15.9 Å². The van der Waals surface area contributed by atoms with E-state index in [4.69, 9.17) is 16.3 Å². The van der Waals surface area contributed by atoms with E-state index in [1.165, 1.54) is 12.1 Å². The number of non-ortho nitro benzene ring substituents is 1. The molecule has 30 heavy (non-hydrogen) atoms. The Labute approximate surface area is 176 Å². The first-order valence-corrected chi connectivity index (χ1v) is 9.45. The van der Waals surface area contributed by atoms with Gasteiger partial charge in [-0.05, 0) is 29.8 Å². The number of carbonyl (C=O) groups excluding carboxylic acids is 1. The molecule has 7 heteroatoms. The maximum absolute atomic E-state index is 12.9. The van der Waals surface area contributed by atoms with Gasteiger partial charge < -0.3 is 4.74 Å². The Morgan fingerprint density at radius 3 is 2.53 bits per heavy atom. The lowest BCUT2D eigenvalue weighted by Crippen LogP contribution is -2.07. The zero-order chi connectivity index (χ0) is 21.1. The number of halogens is 1. The third-order valence-electron chi connectivity index (χ3n) is 4.57. The highest BCUT2D eigenvalue weighted by Crippen LogP contribution is 2.27. The van der Waals surface area contributed by atoms with E-state index in [1.807, 2.05) is 30.3 Å². The van der Waals surface area contributed by atoms with Crippen molar-refractivity contribution in [3.8, 4) is 11.3 Å². The fourth-order valence-electron chi connectivity index (χ4n) is 3.10. The largest absolute Gasteiger partial charge is 0.457 e. The summed E-state index contributed by atoms with van der Waals surface area (Å²) in [5, 5.41) is 12.2. The molecule has 4 rings (SSSR count). The molecule has 3 aromatic carbocycles. The standard InChI is InChI=1S/C23H15ClN2O4/c24-17-10-8-16(9-11-17)22-13-20(19-6-1-2-7-21(19)25-22)23(27)30-14-15-4-3-5-18(12-15)26(28)29/h1-13H,14H2. The summed E-state index contributed by atoms with van der Waals surface area (Å²) in [4.78, 5) is 28.0. The van der Waals surface area contributed by atoms with Crippen LogP contribution < -0.4 is 0 Å². The van der Waals surface area contributed by atoms with E-state index in [-0.39, 0.29) is 12.3 Å². The molecular weight excluding hydrogens is 404 g/mol. The molecule has 0 bridgehead atoms. The Balaban J connectivity index is 1.67. The van der Waals surface area contributed by atoms with E-state index in [2.05, 4.69) is 4.98 Å². The molecule has 0 N–H and O–H groups in total. The number of nitro benzene ring substituents is 1. The lowest BCUT2D eigenvalue weighted by Gasteiger charge is -2.10. The smallest absolute Gasteiger partial charge is 0.339 e.